The lowest BCUT2D eigenvalue weighted by molar-refractivity contribution is 0.0786. The molecule has 1 aliphatic carbocycles. The van der Waals surface area contributed by atoms with Crippen LogP contribution in [0.3, 0.4) is 0 Å². The topological polar surface area (TPSA) is 44.0 Å². The average molecular weight is 295 g/mol. The van der Waals surface area contributed by atoms with Crippen LogP contribution in [0.25, 0.3) is 11.1 Å². The summed E-state index contributed by atoms with van der Waals surface area (Å²) in [5.74, 6) is -0.327. The molecule has 0 saturated heterocycles. The molecule has 0 heterocycles. The molecule has 1 saturated carbocycles. The van der Waals surface area contributed by atoms with Crippen molar-refractivity contribution in [3.63, 3.8) is 0 Å². The van der Waals surface area contributed by atoms with Crippen molar-refractivity contribution in [2.45, 2.75) is 37.7 Å². The van der Waals surface area contributed by atoms with Crippen LogP contribution >= 0.6 is 0 Å². The van der Waals surface area contributed by atoms with Crippen molar-refractivity contribution in [3.05, 3.63) is 59.4 Å². The van der Waals surface area contributed by atoms with E-state index in [9.17, 15) is 14.8 Å². The zero-order valence-electron chi connectivity index (χ0n) is 12.7. The van der Waals surface area contributed by atoms with Gasteiger partial charge in [0, 0.05) is 5.56 Å². The summed E-state index contributed by atoms with van der Waals surface area (Å²) in [5, 5.41) is 19.3. The molecule has 0 amide bonds. The summed E-state index contributed by atoms with van der Waals surface area (Å²) in [6.45, 7) is 3.41. The van der Waals surface area contributed by atoms with Crippen LogP contribution in [0.4, 0.5) is 4.39 Å². The number of aliphatic hydroxyl groups is 1. The van der Waals surface area contributed by atoms with Gasteiger partial charge in [-0.05, 0) is 55.5 Å². The highest BCUT2D eigenvalue weighted by molar-refractivity contribution is 5.66. The standard InChI is InChI=1S/C19H18FNO/c1-18(2,22)14-5-3-4-13(10-14)16-7-6-15(11-17(16)20)19(12-21)8-9-19/h3-7,10-11,22H,8-9H2,1-2H3. The van der Waals surface area contributed by atoms with E-state index in [0.717, 1.165) is 29.5 Å². The van der Waals surface area contributed by atoms with Crippen LogP contribution in [0.5, 0.6) is 0 Å². The Labute approximate surface area is 129 Å². The largest absolute Gasteiger partial charge is 0.386 e. The third-order valence-corrected chi connectivity index (χ3v) is 4.37. The van der Waals surface area contributed by atoms with E-state index >= 15 is 0 Å². The molecule has 1 aliphatic rings. The Morgan fingerprint density at radius 2 is 1.91 bits per heavy atom. The van der Waals surface area contributed by atoms with Crippen molar-refractivity contribution in [2.75, 3.05) is 0 Å². The summed E-state index contributed by atoms with van der Waals surface area (Å²) in [7, 11) is 0. The van der Waals surface area contributed by atoms with Gasteiger partial charge in [0.1, 0.15) is 5.82 Å². The Hall–Kier alpha value is -2.18. The van der Waals surface area contributed by atoms with Crippen molar-refractivity contribution in [1.82, 2.24) is 0 Å². The molecular formula is C19H18FNO. The summed E-state index contributed by atoms with van der Waals surface area (Å²) in [4.78, 5) is 0. The van der Waals surface area contributed by atoms with Gasteiger partial charge in [0.05, 0.1) is 17.1 Å². The molecule has 2 aromatic rings. The summed E-state index contributed by atoms with van der Waals surface area (Å²) in [6.07, 6.45) is 1.60. The number of nitrogens with zero attached hydrogens (tertiary/aromatic N) is 1. The number of benzene rings is 2. The van der Waals surface area contributed by atoms with Crippen LogP contribution in [0.1, 0.15) is 37.8 Å². The predicted octanol–water partition coefficient (Wildman–Crippen LogP) is 4.28. The molecule has 2 aromatic carbocycles. The van der Waals surface area contributed by atoms with Gasteiger partial charge >= 0.3 is 0 Å². The number of hydrogen-bond acceptors (Lipinski definition) is 2. The molecular weight excluding hydrogens is 277 g/mol. The van der Waals surface area contributed by atoms with Gasteiger partial charge in [0.25, 0.3) is 0 Å². The van der Waals surface area contributed by atoms with Crippen molar-refractivity contribution in [1.29, 1.82) is 5.26 Å². The lowest BCUT2D eigenvalue weighted by Crippen LogP contribution is -2.15. The number of halogens is 1. The first kappa shape index (κ1) is 14.7. The van der Waals surface area contributed by atoms with Crippen LogP contribution in [0.15, 0.2) is 42.5 Å². The highest BCUT2D eigenvalue weighted by atomic mass is 19.1. The normalized spacial score (nSPS) is 16.1. The van der Waals surface area contributed by atoms with Crippen LogP contribution < -0.4 is 0 Å². The molecule has 22 heavy (non-hydrogen) atoms. The van der Waals surface area contributed by atoms with Gasteiger partial charge < -0.3 is 5.11 Å². The van der Waals surface area contributed by atoms with E-state index in [-0.39, 0.29) is 5.82 Å². The van der Waals surface area contributed by atoms with E-state index < -0.39 is 11.0 Å². The van der Waals surface area contributed by atoms with Crippen LogP contribution in [0, 0.1) is 17.1 Å². The highest BCUT2D eigenvalue weighted by Crippen LogP contribution is 2.48. The Kier molecular flexibility index (Phi) is 3.30. The van der Waals surface area contributed by atoms with Gasteiger partial charge in [-0.15, -0.1) is 0 Å². The number of nitriles is 1. The Balaban J connectivity index is 2.02. The fraction of sp³-hybridized carbons (Fsp3) is 0.316. The van der Waals surface area contributed by atoms with E-state index in [1.54, 1.807) is 26.0 Å². The molecule has 0 spiro atoms. The van der Waals surface area contributed by atoms with Gasteiger partial charge in [-0.3, -0.25) is 0 Å². The minimum Gasteiger partial charge on any atom is -0.386 e. The molecule has 1 fully saturated rings. The third-order valence-electron chi connectivity index (χ3n) is 4.37. The van der Waals surface area contributed by atoms with E-state index in [1.165, 1.54) is 6.07 Å². The van der Waals surface area contributed by atoms with Crippen molar-refractivity contribution >= 4 is 0 Å². The van der Waals surface area contributed by atoms with Gasteiger partial charge in [-0.25, -0.2) is 4.39 Å². The maximum absolute atomic E-state index is 14.5. The summed E-state index contributed by atoms with van der Waals surface area (Å²) in [6, 6.07) is 14.6. The molecule has 0 aromatic heterocycles. The molecule has 3 heteroatoms. The molecule has 0 bridgehead atoms. The van der Waals surface area contributed by atoms with Crippen LogP contribution in [-0.4, -0.2) is 5.11 Å². The summed E-state index contributed by atoms with van der Waals surface area (Å²) >= 11 is 0. The lowest BCUT2D eigenvalue weighted by atomic mass is 9.92. The first-order chi connectivity index (χ1) is 10.4. The molecule has 2 nitrogen and oxygen atoms in total. The van der Waals surface area contributed by atoms with E-state index in [4.69, 9.17) is 0 Å². The van der Waals surface area contributed by atoms with Crippen molar-refractivity contribution < 1.29 is 9.50 Å². The van der Waals surface area contributed by atoms with Crippen molar-refractivity contribution in [3.8, 4) is 17.2 Å². The van der Waals surface area contributed by atoms with Gasteiger partial charge in [-0.2, -0.15) is 5.26 Å². The fourth-order valence-electron chi connectivity index (χ4n) is 2.70. The van der Waals surface area contributed by atoms with E-state index in [0.29, 0.717) is 5.56 Å². The molecule has 1 N–H and O–H groups in total. The molecule has 0 atom stereocenters. The van der Waals surface area contributed by atoms with Gasteiger partial charge in [0.15, 0.2) is 0 Å². The Bertz CT molecular complexity index is 764. The first-order valence-electron chi connectivity index (χ1n) is 7.40. The molecule has 0 radical (unpaired) electrons. The van der Waals surface area contributed by atoms with E-state index in [2.05, 4.69) is 6.07 Å². The summed E-state index contributed by atoms with van der Waals surface area (Å²) in [5.41, 5.74) is 1.27. The first-order valence-corrected chi connectivity index (χ1v) is 7.40. The lowest BCUT2D eigenvalue weighted by Gasteiger charge is -2.19. The number of rotatable bonds is 3. The second-order valence-corrected chi connectivity index (χ2v) is 6.53. The van der Waals surface area contributed by atoms with Crippen molar-refractivity contribution in [2.24, 2.45) is 0 Å². The van der Waals surface area contributed by atoms with Crippen LogP contribution in [-0.2, 0) is 11.0 Å². The maximum atomic E-state index is 14.5. The fourth-order valence-corrected chi connectivity index (χ4v) is 2.70. The Morgan fingerprint density at radius 3 is 2.45 bits per heavy atom. The summed E-state index contributed by atoms with van der Waals surface area (Å²) < 4.78 is 14.5. The second kappa shape index (κ2) is 4.93. The second-order valence-electron chi connectivity index (χ2n) is 6.53. The van der Waals surface area contributed by atoms with Gasteiger partial charge in [0.2, 0.25) is 0 Å². The van der Waals surface area contributed by atoms with E-state index in [1.807, 2.05) is 24.3 Å². The third kappa shape index (κ3) is 2.51. The monoisotopic (exact) mass is 295 g/mol. The Morgan fingerprint density at radius 1 is 1.18 bits per heavy atom. The average Bonchev–Trinajstić information content (AvgIpc) is 3.27. The quantitative estimate of drug-likeness (QED) is 0.918. The minimum atomic E-state index is -0.967. The predicted molar refractivity (Wildman–Crippen MR) is 83.6 cm³/mol. The zero-order chi connectivity index (χ0) is 16.0. The molecule has 112 valence electrons. The highest BCUT2D eigenvalue weighted by Gasteiger charge is 2.45. The SMILES string of the molecule is CC(C)(O)c1cccc(-c2ccc(C3(C#N)CC3)cc2F)c1. The number of hydrogen-bond donors (Lipinski definition) is 1. The molecule has 3 rings (SSSR count). The smallest absolute Gasteiger partial charge is 0.131 e. The zero-order valence-corrected chi connectivity index (χ0v) is 12.7. The van der Waals surface area contributed by atoms with Gasteiger partial charge in [-0.1, -0.05) is 30.3 Å². The minimum absolute atomic E-state index is 0.327. The maximum Gasteiger partial charge on any atom is 0.131 e. The molecule has 0 aliphatic heterocycles. The molecule has 0 unspecified atom stereocenters. The van der Waals surface area contributed by atoms with Crippen LogP contribution in [0.2, 0.25) is 0 Å².